The molecule has 0 unspecified atom stereocenters. The molecule has 23 heavy (non-hydrogen) atoms. The van der Waals surface area contributed by atoms with Gasteiger partial charge in [0.25, 0.3) is 0 Å². The van der Waals surface area contributed by atoms with Gasteiger partial charge in [-0.3, -0.25) is 0 Å². The molecule has 0 radical (unpaired) electrons. The minimum absolute atomic E-state index is 0.288. The Balaban J connectivity index is 1.64. The first kappa shape index (κ1) is 15.3. The number of benzene rings is 2. The molecule has 0 amide bonds. The van der Waals surface area contributed by atoms with E-state index in [0.29, 0.717) is 0 Å². The molecular weight excluding hydrogens is 355 g/mol. The van der Waals surface area contributed by atoms with Crippen LogP contribution in [0.4, 0.5) is 0 Å². The van der Waals surface area contributed by atoms with Crippen molar-refractivity contribution in [2.45, 2.75) is 33.6 Å². The fraction of sp³-hybridized carbons (Fsp3) is 0.273. The summed E-state index contributed by atoms with van der Waals surface area (Å²) in [5, 5.41) is 0. The standard InChI is InChI=1S/C13H9.C9H13.Zr/c1-3-7-12-10(5-1)9-11-6-2-4-8-13(11)12;1-9(2,3)8-6-4-5-7-8;/h1-5,7-8H,9H2;6-7H,4H2,1-3H3;. The van der Waals surface area contributed by atoms with Gasteiger partial charge in [0.2, 0.25) is 0 Å². The molecule has 2 aromatic rings. The van der Waals surface area contributed by atoms with E-state index in [2.05, 4.69) is 75.4 Å². The van der Waals surface area contributed by atoms with Crippen LogP contribution in [0.5, 0.6) is 0 Å². The Bertz CT molecular complexity index is 831. The quantitative estimate of drug-likeness (QED) is 0.574. The van der Waals surface area contributed by atoms with Crippen LogP contribution in [0.25, 0.3) is 11.1 Å². The maximum atomic E-state index is 2.51. The normalized spacial score (nSPS) is 15.8. The Morgan fingerprint density at radius 3 is 2.48 bits per heavy atom. The molecule has 2 aliphatic rings. The van der Waals surface area contributed by atoms with E-state index in [0.717, 1.165) is 6.42 Å². The van der Waals surface area contributed by atoms with Crippen molar-refractivity contribution in [2.75, 3.05) is 0 Å². The summed E-state index contributed by atoms with van der Waals surface area (Å²) in [5.41, 5.74) is 7.88. The summed E-state index contributed by atoms with van der Waals surface area (Å²) in [6.45, 7) is 6.96. The van der Waals surface area contributed by atoms with E-state index in [4.69, 9.17) is 0 Å². The second-order valence-corrected chi connectivity index (χ2v) is 11.1. The number of hydrogen-bond donors (Lipinski definition) is 0. The molecule has 0 fully saturated rings. The number of allylic oxidation sites excluding steroid dienone is 4. The molecule has 4 rings (SSSR count). The Morgan fingerprint density at radius 1 is 0.913 bits per heavy atom. The van der Waals surface area contributed by atoms with Gasteiger partial charge in [-0.2, -0.15) is 0 Å². The van der Waals surface area contributed by atoms with Crippen LogP contribution in [0.15, 0.2) is 63.5 Å². The summed E-state index contributed by atoms with van der Waals surface area (Å²) in [4.78, 5) is 0. The molecule has 0 saturated carbocycles. The molecule has 0 bridgehead atoms. The van der Waals surface area contributed by atoms with Crippen molar-refractivity contribution < 1.29 is 23.2 Å². The second kappa shape index (κ2) is 5.71. The number of hydrogen-bond acceptors (Lipinski definition) is 0. The van der Waals surface area contributed by atoms with Crippen molar-refractivity contribution in [2.24, 2.45) is 5.41 Å². The van der Waals surface area contributed by atoms with Gasteiger partial charge in [0.15, 0.2) is 0 Å². The summed E-state index contributed by atoms with van der Waals surface area (Å²) in [5.74, 6) is 0. The van der Waals surface area contributed by atoms with Gasteiger partial charge in [-0.05, 0) is 0 Å². The predicted molar refractivity (Wildman–Crippen MR) is 94.6 cm³/mol. The molecule has 114 valence electrons. The average molecular weight is 378 g/mol. The number of rotatable bonds is 2. The zero-order valence-corrected chi connectivity index (χ0v) is 16.6. The molecule has 0 nitrogen and oxygen atoms in total. The molecule has 1 heteroatoms. The van der Waals surface area contributed by atoms with Gasteiger partial charge in [0.05, 0.1) is 0 Å². The Labute approximate surface area is 150 Å². The molecule has 2 aromatic carbocycles. The van der Waals surface area contributed by atoms with Crippen LogP contribution >= 0.6 is 0 Å². The van der Waals surface area contributed by atoms with Crippen molar-refractivity contribution >= 4 is 3.27 Å². The van der Waals surface area contributed by atoms with E-state index in [1.807, 2.05) is 0 Å². The maximum absolute atomic E-state index is 2.51. The molecule has 2 aliphatic carbocycles. The van der Waals surface area contributed by atoms with Gasteiger partial charge in [0, 0.05) is 0 Å². The Hall–Kier alpha value is -1.20. The van der Waals surface area contributed by atoms with Crippen LogP contribution in [0.2, 0.25) is 0 Å². The molecule has 0 aromatic heterocycles. The fourth-order valence-corrected chi connectivity index (χ4v) is 6.85. The van der Waals surface area contributed by atoms with Crippen LogP contribution in [-0.2, 0) is 29.7 Å². The van der Waals surface area contributed by atoms with E-state index in [9.17, 15) is 0 Å². The molecule has 0 spiro atoms. The topological polar surface area (TPSA) is 0 Å². The summed E-state index contributed by atoms with van der Waals surface area (Å²) < 4.78 is 3.40. The van der Waals surface area contributed by atoms with Crippen molar-refractivity contribution in [1.29, 1.82) is 0 Å². The Morgan fingerprint density at radius 2 is 1.70 bits per heavy atom. The predicted octanol–water partition coefficient (Wildman–Crippen LogP) is 5.23. The SMILES string of the molecule is CC(C)(C)C1=CC[C]([Zr][c]2cccc3c2Cc2ccccc2-3)=C1. The first-order valence-corrected chi connectivity index (χ1v) is 10.9. The third-order valence-corrected chi connectivity index (χ3v) is 8.34. The van der Waals surface area contributed by atoms with Crippen molar-refractivity contribution in [1.82, 2.24) is 0 Å². The monoisotopic (exact) mass is 376 g/mol. The first-order valence-electron chi connectivity index (χ1n) is 8.41. The van der Waals surface area contributed by atoms with Crippen molar-refractivity contribution in [3.8, 4) is 11.1 Å². The van der Waals surface area contributed by atoms with Gasteiger partial charge < -0.3 is 0 Å². The van der Waals surface area contributed by atoms with Gasteiger partial charge in [-0.1, -0.05) is 0 Å². The van der Waals surface area contributed by atoms with E-state index in [-0.39, 0.29) is 5.41 Å². The van der Waals surface area contributed by atoms with Gasteiger partial charge in [-0.25, -0.2) is 0 Å². The zero-order chi connectivity index (χ0) is 16.0. The third kappa shape index (κ3) is 2.85. The fourth-order valence-electron chi connectivity index (χ4n) is 3.58. The summed E-state index contributed by atoms with van der Waals surface area (Å²) >= 11 is -0.675. The van der Waals surface area contributed by atoms with Crippen LogP contribution in [0.3, 0.4) is 0 Å². The first-order chi connectivity index (χ1) is 11.0. The van der Waals surface area contributed by atoms with Crippen molar-refractivity contribution in [3.63, 3.8) is 0 Å². The summed E-state index contributed by atoms with van der Waals surface area (Å²) in [7, 11) is 0. The van der Waals surface area contributed by atoms with Gasteiger partial charge in [0.1, 0.15) is 0 Å². The summed E-state index contributed by atoms with van der Waals surface area (Å²) in [6.07, 6.45) is 7.28. The molecule has 0 N–H and O–H groups in total. The second-order valence-electron chi connectivity index (χ2n) is 7.57. The van der Waals surface area contributed by atoms with E-state index < -0.39 is 23.2 Å². The van der Waals surface area contributed by atoms with E-state index in [1.165, 1.54) is 28.7 Å². The van der Waals surface area contributed by atoms with Crippen LogP contribution in [0, 0.1) is 5.41 Å². The van der Waals surface area contributed by atoms with E-state index in [1.54, 1.807) is 12.1 Å². The molecule has 0 atom stereocenters. The third-order valence-electron chi connectivity index (χ3n) is 4.88. The van der Waals surface area contributed by atoms with Crippen LogP contribution in [0.1, 0.15) is 38.3 Å². The van der Waals surface area contributed by atoms with Gasteiger partial charge >= 0.3 is 151 Å². The Kier molecular flexibility index (Phi) is 3.81. The molecular formula is C22H22Zr. The summed E-state index contributed by atoms with van der Waals surface area (Å²) in [6, 6.07) is 15.9. The van der Waals surface area contributed by atoms with Crippen LogP contribution in [-0.4, -0.2) is 0 Å². The zero-order valence-electron chi connectivity index (χ0n) is 14.1. The molecule has 0 saturated heterocycles. The van der Waals surface area contributed by atoms with Crippen LogP contribution < -0.4 is 3.27 Å². The number of fused-ring (bicyclic) bond motifs is 3. The minimum atomic E-state index is -0.675. The molecule has 0 aliphatic heterocycles. The van der Waals surface area contributed by atoms with E-state index >= 15 is 0 Å². The van der Waals surface area contributed by atoms with Crippen molar-refractivity contribution in [3.05, 3.63) is 74.6 Å². The molecule has 0 heterocycles. The van der Waals surface area contributed by atoms with Gasteiger partial charge in [-0.15, -0.1) is 0 Å². The average Bonchev–Trinajstić information content (AvgIpc) is 3.12.